The number of guanidine groups is 1. The van der Waals surface area contributed by atoms with Crippen molar-refractivity contribution < 1.29 is 8.42 Å². The first-order valence-electron chi connectivity index (χ1n) is 8.52. The monoisotopic (exact) mass is 364 g/mol. The van der Waals surface area contributed by atoms with Gasteiger partial charge in [0.25, 0.3) is 0 Å². The summed E-state index contributed by atoms with van der Waals surface area (Å²) in [6.07, 6.45) is 4.75. The topological polar surface area (TPSA) is 73.8 Å². The van der Waals surface area contributed by atoms with Crippen LogP contribution in [0.1, 0.15) is 39.5 Å². The average Bonchev–Trinajstić information content (AvgIpc) is 2.55. The van der Waals surface area contributed by atoms with Gasteiger partial charge in [-0.2, -0.15) is 11.8 Å². The quantitative estimate of drug-likeness (QED) is 0.368. The number of sulfonamides is 1. The Kier molecular flexibility index (Phi) is 9.97. The van der Waals surface area contributed by atoms with Gasteiger partial charge in [0, 0.05) is 44.2 Å². The molecule has 0 aromatic carbocycles. The molecule has 0 spiro atoms. The minimum atomic E-state index is -3.16. The van der Waals surface area contributed by atoms with Crippen LogP contribution in [-0.4, -0.2) is 68.7 Å². The van der Waals surface area contributed by atoms with Crippen molar-refractivity contribution in [1.82, 2.24) is 14.9 Å². The molecule has 0 radical (unpaired) electrons. The molecule has 1 unspecified atom stereocenters. The molecule has 1 aliphatic heterocycles. The summed E-state index contributed by atoms with van der Waals surface area (Å²) < 4.78 is 26.1. The Morgan fingerprint density at radius 2 is 2.00 bits per heavy atom. The number of hydrogen-bond donors (Lipinski definition) is 2. The molecule has 1 rings (SSSR count). The number of nitrogens with one attached hydrogen (secondary N) is 2. The van der Waals surface area contributed by atoms with Crippen molar-refractivity contribution in [3.63, 3.8) is 0 Å². The minimum Gasteiger partial charge on any atom is -0.355 e. The molecular formula is C15H32N4O2S2. The molecule has 0 aromatic heterocycles. The molecule has 0 aliphatic carbocycles. The van der Waals surface area contributed by atoms with E-state index in [4.69, 9.17) is 0 Å². The largest absolute Gasteiger partial charge is 0.355 e. The van der Waals surface area contributed by atoms with Gasteiger partial charge in [0.15, 0.2) is 5.96 Å². The summed E-state index contributed by atoms with van der Waals surface area (Å²) in [5.74, 6) is 2.58. The van der Waals surface area contributed by atoms with E-state index in [9.17, 15) is 8.42 Å². The average molecular weight is 365 g/mol. The molecular weight excluding hydrogens is 332 g/mol. The number of aliphatic imine (C=N–C) groups is 1. The summed E-state index contributed by atoms with van der Waals surface area (Å²) in [5.41, 5.74) is 0. The first kappa shape index (κ1) is 20.6. The van der Waals surface area contributed by atoms with E-state index < -0.39 is 10.0 Å². The maximum atomic E-state index is 12.3. The Labute approximate surface area is 145 Å². The van der Waals surface area contributed by atoms with Crippen molar-refractivity contribution in [2.45, 2.75) is 45.6 Å². The molecule has 1 fully saturated rings. The second kappa shape index (κ2) is 11.1. The summed E-state index contributed by atoms with van der Waals surface area (Å²) in [6.45, 7) is 5.97. The lowest BCUT2D eigenvalue weighted by Crippen LogP contribution is -2.46. The highest BCUT2D eigenvalue weighted by atomic mass is 32.2. The molecule has 1 saturated heterocycles. The maximum Gasteiger partial charge on any atom is 0.215 e. The molecule has 6 nitrogen and oxygen atoms in total. The van der Waals surface area contributed by atoms with Gasteiger partial charge in [0.1, 0.15) is 0 Å². The molecule has 0 aromatic rings. The van der Waals surface area contributed by atoms with Gasteiger partial charge in [0.2, 0.25) is 10.0 Å². The van der Waals surface area contributed by atoms with E-state index in [2.05, 4.69) is 29.5 Å². The second-order valence-electron chi connectivity index (χ2n) is 5.87. The maximum absolute atomic E-state index is 12.3. The van der Waals surface area contributed by atoms with Crippen molar-refractivity contribution in [1.29, 1.82) is 0 Å². The fraction of sp³-hybridized carbons (Fsp3) is 0.933. The number of hydrogen-bond acceptors (Lipinski definition) is 4. The van der Waals surface area contributed by atoms with E-state index in [1.807, 2.05) is 11.8 Å². The van der Waals surface area contributed by atoms with Crippen molar-refractivity contribution in [3.05, 3.63) is 0 Å². The molecule has 23 heavy (non-hydrogen) atoms. The number of nitrogens with zero attached hydrogens (tertiary/aromatic N) is 2. The van der Waals surface area contributed by atoms with Crippen LogP contribution >= 0.6 is 11.8 Å². The van der Waals surface area contributed by atoms with E-state index in [1.54, 1.807) is 11.4 Å². The fourth-order valence-corrected chi connectivity index (χ4v) is 4.94. The van der Waals surface area contributed by atoms with E-state index >= 15 is 0 Å². The Morgan fingerprint density at radius 3 is 2.61 bits per heavy atom. The lowest BCUT2D eigenvalue weighted by Gasteiger charge is -2.26. The van der Waals surface area contributed by atoms with Crippen LogP contribution in [0.3, 0.4) is 0 Å². The molecule has 136 valence electrons. The van der Waals surface area contributed by atoms with E-state index in [0.29, 0.717) is 31.6 Å². The SMILES string of the molecule is CCCCCC(C)NC(=NC)NCCS(=O)(=O)N1CCSCC1. The van der Waals surface area contributed by atoms with Crippen LogP contribution in [0.4, 0.5) is 0 Å². The number of unbranched alkanes of at least 4 members (excludes halogenated alkanes) is 2. The lowest BCUT2D eigenvalue weighted by molar-refractivity contribution is 0.443. The Bertz CT molecular complexity index is 448. The Balaban J connectivity index is 2.31. The molecule has 0 bridgehead atoms. The zero-order valence-electron chi connectivity index (χ0n) is 14.7. The predicted molar refractivity (Wildman–Crippen MR) is 101 cm³/mol. The Hall–Kier alpha value is -0.470. The predicted octanol–water partition coefficient (Wildman–Crippen LogP) is 1.50. The lowest BCUT2D eigenvalue weighted by atomic mass is 10.1. The van der Waals surface area contributed by atoms with Gasteiger partial charge in [-0.1, -0.05) is 26.2 Å². The van der Waals surface area contributed by atoms with E-state index in [0.717, 1.165) is 17.9 Å². The van der Waals surface area contributed by atoms with Gasteiger partial charge in [-0.15, -0.1) is 0 Å². The van der Waals surface area contributed by atoms with Crippen LogP contribution < -0.4 is 10.6 Å². The van der Waals surface area contributed by atoms with Crippen LogP contribution in [0.2, 0.25) is 0 Å². The van der Waals surface area contributed by atoms with Gasteiger partial charge in [-0.3, -0.25) is 4.99 Å². The van der Waals surface area contributed by atoms with Crippen molar-refractivity contribution in [3.8, 4) is 0 Å². The van der Waals surface area contributed by atoms with Gasteiger partial charge in [0.05, 0.1) is 5.75 Å². The smallest absolute Gasteiger partial charge is 0.215 e. The van der Waals surface area contributed by atoms with Gasteiger partial charge < -0.3 is 10.6 Å². The first-order valence-corrected chi connectivity index (χ1v) is 11.3. The standard InChI is InChI=1S/C15H32N4O2S2/c1-4-5-6-7-14(2)18-15(16-3)17-8-13-23(20,21)19-9-11-22-12-10-19/h14H,4-13H2,1-3H3,(H2,16,17,18). The molecule has 1 atom stereocenters. The van der Waals surface area contributed by atoms with Crippen molar-refractivity contribution in [2.24, 2.45) is 4.99 Å². The van der Waals surface area contributed by atoms with Gasteiger partial charge in [-0.05, 0) is 13.3 Å². The summed E-state index contributed by atoms with van der Waals surface area (Å²) in [5, 5.41) is 6.43. The zero-order valence-corrected chi connectivity index (χ0v) is 16.3. The van der Waals surface area contributed by atoms with Crippen LogP contribution in [0, 0.1) is 0 Å². The van der Waals surface area contributed by atoms with Crippen LogP contribution in [0.25, 0.3) is 0 Å². The fourth-order valence-electron chi connectivity index (χ4n) is 2.45. The third kappa shape index (κ3) is 8.26. The van der Waals surface area contributed by atoms with Gasteiger partial charge >= 0.3 is 0 Å². The highest BCUT2D eigenvalue weighted by molar-refractivity contribution is 7.99. The molecule has 0 amide bonds. The summed E-state index contributed by atoms with van der Waals surface area (Å²) in [6, 6.07) is 0.337. The second-order valence-corrected chi connectivity index (χ2v) is 9.18. The number of rotatable bonds is 9. The molecule has 8 heteroatoms. The van der Waals surface area contributed by atoms with E-state index in [1.165, 1.54) is 19.3 Å². The highest BCUT2D eigenvalue weighted by Crippen LogP contribution is 2.13. The molecule has 1 heterocycles. The van der Waals surface area contributed by atoms with Crippen LogP contribution in [0.15, 0.2) is 4.99 Å². The van der Waals surface area contributed by atoms with Crippen LogP contribution in [0.5, 0.6) is 0 Å². The summed E-state index contributed by atoms with van der Waals surface area (Å²) in [7, 11) is -1.45. The van der Waals surface area contributed by atoms with E-state index in [-0.39, 0.29) is 5.75 Å². The molecule has 0 saturated carbocycles. The number of thioether (sulfide) groups is 1. The summed E-state index contributed by atoms with van der Waals surface area (Å²) in [4.78, 5) is 4.17. The third-order valence-electron chi connectivity index (χ3n) is 3.86. The molecule has 2 N–H and O–H groups in total. The minimum absolute atomic E-state index is 0.114. The summed E-state index contributed by atoms with van der Waals surface area (Å²) >= 11 is 1.81. The first-order chi connectivity index (χ1) is 11.0. The molecule has 1 aliphatic rings. The zero-order chi connectivity index (χ0) is 17.1. The highest BCUT2D eigenvalue weighted by Gasteiger charge is 2.23. The third-order valence-corrected chi connectivity index (χ3v) is 6.68. The normalized spacial score (nSPS) is 18.7. The van der Waals surface area contributed by atoms with Crippen molar-refractivity contribution >= 4 is 27.7 Å². The Morgan fingerprint density at radius 1 is 1.30 bits per heavy atom. The van der Waals surface area contributed by atoms with Crippen molar-refractivity contribution in [2.75, 3.05) is 43.9 Å². The van der Waals surface area contributed by atoms with Crippen LogP contribution in [-0.2, 0) is 10.0 Å². The van der Waals surface area contributed by atoms with Gasteiger partial charge in [-0.25, -0.2) is 12.7 Å².